The molecule has 0 bridgehead atoms. The molecule has 168 valence electrons. The van der Waals surface area contributed by atoms with Gasteiger partial charge in [0.05, 0.1) is 5.56 Å². The lowest BCUT2D eigenvalue weighted by atomic mass is 10.1. The van der Waals surface area contributed by atoms with E-state index in [1.807, 2.05) is 13.8 Å². The van der Waals surface area contributed by atoms with Gasteiger partial charge in [-0.05, 0) is 55.8 Å². The summed E-state index contributed by atoms with van der Waals surface area (Å²) in [4.78, 5) is 14.4. The van der Waals surface area contributed by atoms with Crippen LogP contribution in [0.15, 0.2) is 77.7 Å². The lowest BCUT2D eigenvalue weighted by molar-refractivity contribution is 0.0666. The average Bonchev–Trinajstić information content (AvgIpc) is 2.78. The fourth-order valence-electron chi connectivity index (χ4n) is 3.10. The first-order valence-corrected chi connectivity index (χ1v) is 11.5. The first kappa shape index (κ1) is 23.4. The molecule has 32 heavy (non-hydrogen) atoms. The Balaban J connectivity index is 1.93. The zero-order chi connectivity index (χ0) is 23.3. The number of para-hydroxylation sites is 1. The maximum absolute atomic E-state index is 14.2. The van der Waals surface area contributed by atoms with E-state index in [0.29, 0.717) is 12.0 Å². The molecule has 0 N–H and O–H groups in total. The zero-order valence-electron chi connectivity index (χ0n) is 17.7. The van der Waals surface area contributed by atoms with Gasteiger partial charge in [0.25, 0.3) is 5.91 Å². The molecule has 0 aliphatic rings. The number of halogens is 2. The standard InChI is InChI=1S/C24H23F2NO4S/c1-3-17(2)27(24(28)21-9-5-6-10-22(21)26)16-18-8-4-7-11-23(18)31-32(29,30)20-14-12-19(25)13-15-20/h4-15,17H,3,16H2,1-2H3/t17-/m0/s1. The van der Waals surface area contributed by atoms with E-state index in [0.717, 1.165) is 24.3 Å². The van der Waals surface area contributed by atoms with Crippen molar-refractivity contribution < 1.29 is 26.2 Å². The molecule has 0 aliphatic heterocycles. The molecule has 0 aliphatic carbocycles. The topological polar surface area (TPSA) is 63.7 Å². The maximum Gasteiger partial charge on any atom is 0.339 e. The third-order valence-electron chi connectivity index (χ3n) is 5.10. The second-order valence-electron chi connectivity index (χ2n) is 7.27. The predicted octanol–water partition coefficient (Wildman–Crippen LogP) is 5.17. The molecule has 1 atom stereocenters. The van der Waals surface area contributed by atoms with Crippen LogP contribution in [0.5, 0.6) is 5.75 Å². The van der Waals surface area contributed by atoms with Crippen LogP contribution in [-0.2, 0) is 16.7 Å². The van der Waals surface area contributed by atoms with E-state index in [4.69, 9.17) is 4.18 Å². The van der Waals surface area contributed by atoms with E-state index in [2.05, 4.69) is 0 Å². The zero-order valence-corrected chi connectivity index (χ0v) is 18.5. The van der Waals surface area contributed by atoms with E-state index in [9.17, 15) is 22.0 Å². The van der Waals surface area contributed by atoms with Gasteiger partial charge in [-0.1, -0.05) is 37.3 Å². The number of benzene rings is 3. The van der Waals surface area contributed by atoms with Gasteiger partial charge >= 0.3 is 10.1 Å². The van der Waals surface area contributed by atoms with Crippen molar-refractivity contribution in [1.29, 1.82) is 0 Å². The van der Waals surface area contributed by atoms with Crippen molar-refractivity contribution in [2.24, 2.45) is 0 Å². The Labute approximate surface area is 186 Å². The molecular formula is C24H23F2NO4S. The molecule has 3 aromatic carbocycles. The first-order chi connectivity index (χ1) is 15.2. The fourth-order valence-corrected chi connectivity index (χ4v) is 4.07. The third-order valence-corrected chi connectivity index (χ3v) is 6.35. The van der Waals surface area contributed by atoms with Crippen LogP contribution in [0.25, 0.3) is 0 Å². The molecule has 0 radical (unpaired) electrons. The summed E-state index contributed by atoms with van der Waals surface area (Å²) in [6, 6.07) is 16.1. The van der Waals surface area contributed by atoms with Gasteiger partial charge < -0.3 is 9.08 Å². The summed E-state index contributed by atoms with van der Waals surface area (Å²) in [5.41, 5.74) is 0.369. The van der Waals surface area contributed by atoms with E-state index in [-0.39, 0.29) is 28.8 Å². The van der Waals surface area contributed by atoms with Crippen molar-refractivity contribution in [3.8, 4) is 5.75 Å². The SMILES string of the molecule is CC[C@H](C)N(Cc1ccccc1OS(=O)(=O)c1ccc(F)cc1)C(=O)c1ccccc1F. The fraction of sp³-hybridized carbons (Fsp3) is 0.208. The molecule has 8 heteroatoms. The number of carbonyl (C=O) groups is 1. The largest absolute Gasteiger partial charge is 0.379 e. The van der Waals surface area contributed by atoms with Crippen LogP contribution in [0.4, 0.5) is 8.78 Å². The average molecular weight is 460 g/mol. The Kier molecular flexibility index (Phi) is 7.25. The molecule has 0 fully saturated rings. The van der Waals surface area contributed by atoms with Gasteiger partial charge in [0, 0.05) is 18.2 Å². The highest BCUT2D eigenvalue weighted by Crippen LogP contribution is 2.26. The van der Waals surface area contributed by atoms with Crippen molar-refractivity contribution in [1.82, 2.24) is 4.90 Å². The molecule has 0 saturated heterocycles. The second-order valence-corrected chi connectivity index (χ2v) is 8.82. The Bertz CT molecular complexity index is 1200. The molecule has 0 heterocycles. The molecular weight excluding hydrogens is 436 g/mol. The lowest BCUT2D eigenvalue weighted by Gasteiger charge is -2.29. The molecule has 0 saturated carbocycles. The molecule has 5 nitrogen and oxygen atoms in total. The molecule has 0 aromatic heterocycles. The monoisotopic (exact) mass is 459 g/mol. The third kappa shape index (κ3) is 5.31. The van der Waals surface area contributed by atoms with Crippen LogP contribution < -0.4 is 4.18 Å². The van der Waals surface area contributed by atoms with Crippen molar-refractivity contribution in [3.05, 3.63) is 95.6 Å². The summed E-state index contributed by atoms with van der Waals surface area (Å²) in [5, 5.41) is 0. The normalized spacial score (nSPS) is 12.2. The minimum atomic E-state index is -4.22. The van der Waals surface area contributed by atoms with E-state index in [1.54, 1.807) is 24.3 Å². The van der Waals surface area contributed by atoms with Gasteiger partial charge in [0.15, 0.2) is 0 Å². The van der Waals surface area contributed by atoms with Crippen molar-refractivity contribution in [3.63, 3.8) is 0 Å². The smallest absolute Gasteiger partial charge is 0.339 e. The summed E-state index contributed by atoms with van der Waals surface area (Å²) in [6.07, 6.45) is 0.608. The van der Waals surface area contributed by atoms with Crippen LogP contribution in [0.3, 0.4) is 0 Å². The molecule has 0 unspecified atom stereocenters. The Morgan fingerprint density at radius 1 is 0.969 bits per heavy atom. The molecule has 0 spiro atoms. The van der Waals surface area contributed by atoms with Gasteiger partial charge in [0.2, 0.25) is 0 Å². The lowest BCUT2D eigenvalue weighted by Crippen LogP contribution is -2.38. The van der Waals surface area contributed by atoms with Crippen molar-refractivity contribution >= 4 is 16.0 Å². The summed E-state index contributed by atoms with van der Waals surface area (Å²) in [7, 11) is -4.22. The summed E-state index contributed by atoms with van der Waals surface area (Å²) in [6.45, 7) is 3.74. The van der Waals surface area contributed by atoms with Crippen molar-refractivity contribution in [2.75, 3.05) is 0 Å². The minimum Gasteiger partial charge on any atom is -0.379 e. The van der Waals surface area contributed by atoms with Crippen molar-refractivity contribution in [2.45, 2.75) is 37.8 Å². The predicted molar refractivity (Wildman–Crippen MR) is 117 cm³/mol. The number of amides is 1. The maximum atomic E-state index is 14.2. The Morgan fingerprint density at radius 2 is 1.59 bits per heavy atom. The van der Waals surface area contributed by atoms with Crippen LogP contribution in [0, 0.1) is 11.6 Å². The number of carbonyl (C=O) groups excluding carboxylic acids is 1. The van der Waals surface area contributed by atoms with E-state index in [1.165, 1.54) is 29.2 Å². The van der Waals surface area contributed by atoms with Crippen LogP contribution in [0.2, 0.25) is 0 Å². The molecule has 3 aromatic rings. The van der Waals surface area contributed by atoms with E-state index >= 15 is 0 Å². The summed E-state index contributed by atoms with van der Waals surface area (Å²) >= 11 is 0. The number of nitrogens with zero attached hydrogens (tertiary/aromatic N) is 1. The quantitative estimate of drug-likeness (QED) is 0.436. The Morgan fingerprint density at radius 3 is 2.25 bits per heavy atom. The molecule has 1 amide bonds. The highest BCUT2D eigenvalue weighted by atomic mass is 32.2. The number of hydrogen-bond donors (Lipinski definition) is 0. The van der Waals surface area contributed by atoms with Crippen LogP contribution in [-0.4, -0.2) is 25.3 Å². The van der Waals surface area contributed by atoms with Gasteiger partial charge in [-0.25, -0.2) is 8.78 Å². The highest BCUT2D eigenvalue weighted by Gasteiger charge is 2.25. The van der Waals surface area contributed by atoms with Crippen LogP contribution >= 0.6 is 0 Å². The number of rotatable bonds is 8. The number of hydrogen-bond acceptors (Lipinski definition) is 4. The van der Waals surface area contributed by atoms with Gasteiger partial charge in [-0.3, -0.25) is 4.79 Å². The van der Waals surface area contributed by atoms with Gasteiger partial charge in [-0.15, -0.1) is 0 Å². The first-order valence-electron chi connectivity index (χ1n) is 10.1. The highest BCUT2D eigenvalue weighted by molar-refractivity contribution is 7.87. The summed E-state index contributed by atoms with van der Waals surface area (Å²) in [5.74, 6) is -1.67. The summed E-state index contributed by atoms with van der Waals surface area (Å²) < 4.78 is 58.1. The van der Waals surface area contributed by atoms with E-state index < -0.39 is 27.7 Å². The molecule has 3 rings (SSSR count). The van der Waals surface area contributed by atoms with Gasteiger partial charge in [-0.2, -0.15) is 8.42 Å². The van der Waals surface area contributed by atoms with Crippen LogP contribution in [0.1, 0.15) is 36.2 Å². The second kappa shape index (κ2) is 9.91. The van der Waals surface area contributed by atoms with Gasteiger partial charge in [0.1, 0.15) is 22.3 Å². The minimum absolute atomic E-state index is 0.0112. The Hall–Kier alpha value is -3.26.